The van der Waals surface area contributed by atoms with Gasteiger partial charge in [-0.05, 0) is 14.1 Å². The number of aliphatic imine (C=N–C) groups is 1. The van der Waals surface area contributed by atoms with Gasteiger partial charge in [0, 0.05) is 38.1 Å². The molecule has 0 fully saturated rings. The summed E-state index contributed by atoms with van der Waals surface area (Å²) in [7, 11) is 3.99. The lowest BCUT2D eigenvalue weighted by Gasteiger charge is -2.12. The number of nitrogens with one attached hydrogen (secondary N) is 4. The van der Waals surface area contributed by atoms with Gasteiger partial charge < -0.3 is 20.5 Å². The van der Waals surface area contributed by atoms with Crippen LogP contribution in [0.3, 0.4) is 0 Å². The number of aromatic amines is 1. The summed E-state index contributed by atoms with van der Waals surface area (Å²) in [5, 5.41) is 17.5. The molecule has 4 N–H and O–H groups in total. The normalized spacial score (nSPS) is 11.4. The molecule has 0 atom stereocenters. The maximum Gasteiger partial charge on any atom is 0.204 e. The molecule has 0 aromatic carbocycles. The third-order valence-corrected chi connectivity index (χ3v) is 2.45. The van der Waals surface area contributed by atoms with Crippen molar-refractivity contribution in [2.24, 2.45) is 4.99 Å². The Morgan fingerprint density at radius 1 is 1.50 bits per heavy atom. The van der Waals surface area contributed by atoms with Crippen molar-refractivity contribution in [1.29, 1.82) is 5.26 Å². The van der Waals surface area contributed by atoms with E-state index in [1.54, 1.807) is 12.5 Å². The first-order chi connectivity index (χ1) is 9.72. The van der Waals surface area contributed by atoms with Crippen LogP contribution in [0.15, 0.2) is 17.5 Å². The summed E-state index contributed by atoms with van der Waals surface area (Å²) >= 11 is 0. The fourth-order valence-corrected chi connectivity index (χ4v) is 1.44. The van der Waals surface area contributed by atoms with Crippen LogP contribution in [0.25, 0.3) is 0 Å². The molecule has 0 unspecified atom stereocenters. The molecule has 0 saturated carbocycles. The second-order valence-electron chi connectivity index (χ2n) is 4.45. The molecule has 0 aliphatic carbocycles. The summed E-state index contributed by atoms with van der Waals surface area (Å²) in [6, 6.07) is 0. The standard InChI is InChI=1S/C12H22N8/c1-20(2)6-5-17-12(18-9-13)16-4-3-14-7-11-8-15-10-19-11/h8,10,14H,3-7H2,1-2H3,(H,15,19)(H2,16,17,18). The van der Waals surface area contributed by atoms with Crippen molar-refractivity contribution in [2.75, 3.05) is 40.3 Å². The third kappa shape index (κ3) is 7.35. The van der Waals surface area contributed by atoms with Crippen LogP contribution in [0.2, 0.25) is 0 Å². The molecule has 0 aliphatic rings. The van der Waals surface area contributed by atoms with E-state index in [1.165, 1.54) is 0 Å². The smallest absolute Gasteiger partial charge is 0.204 e. The van der Waals surface area contributed by atoms with Gasteiger partial charge >= 0.3 is 0 Å². The van der Waals surface area contributed by atoms with E-state index in [0.717, 1.165) is 31.9 Å². The minimum atomic E-state index is 0.512. The van der Waals surface area contributed by atoms with Crippen LogP contribution in [0.5, 0.6) is 0 Å². The maximum atomic E-state index is 8.65. The molecule has 8 heteroatoms. The highest BCUT2D eigenvalue weighted by Crippen LogP contribution is 1.88. The Morgan fingerprint density at radius 3 is 3.00 bits per heavy atom. The summed E-state index contributed by atoms with van der Waals surface area (Å²) in [4.78, 5) is 13.3. The van der Waals surface area contributed by atoms with E-state index in [2.05, 4.69) is 35.8 Å². The first kappa shape index (κ1) is 15.9. The largest absolute Gasteiger partial charge is 0.354 e. The number of aromatic nitrogens is 2. The Kier molecular flexibility index (Phi) is 7.79. The van der Waals surface area contributed by atoms with Gasteiger partial charge in [0.2, 0.25) is 5.96 Å². The lowest BCUT2D eigenvalue weighted by atomic mass is 10.4. The highest BCUT2D eigenvalue weighted by molar-refractivity contribution is 5.81. The Hall–Kier alpha value is -2.11. The molecule has 1 rings (SSSR count). The van der Waals surface area contributed by atoms with E-state index in [1.807, 2.05) is 20.3 Å². The molecule has 0 spiro atoms. The number of guanidine groups is 1. The summed E-state index contributed by atoms with van der Waals surface area (Å²) in [5.74, 6) is 0.512. The highest BCUT2D eigenvalue weighted by atomic mass is 15.2. The van der Waals surface area contributed by atoms with Gasteiger partial charge in [0.25, 0.3) is 0 Å². The van der Waals surface area contributed by atoms with Gasteiger partial charge in [-0.25, -0.2) is 4.98 Å². The lowest BCUT2D eigenvalue weighted by molar-refractivity contribution is 0.412. The number of likely N-dealkylation sites (N-methyl/N-ethyl adjacent to an activating group) is 1. The van der Waals surface area contributed by atoms with Gasteiger partial charge in [-0.1, -0.05) is 0 Å². The van der Waals surface area contributed by atoms with Gasteiger partial charge in [-0.3, -0.25) is 10.3 Å². The van der Waals surface area contributed by atoms with Crippen molar-refractivity contribution < 1.29 is 0 Å². The lowest BCUT2D eigenvalue weighted by Crippen LogP contribution is -2.39. The van der Waals surface area contributed by atoms with Crippen molar-refractivity contribution in [2.45, 2.75) is 6.54 Å². The molecule has 0 bridgehead atoms. The SMILES string of the molecule is CN(C)CCNC(=NCCNCc1cnc[nH]1)NC#N. The van der Waals surface area contributed by atoms with Gasteiger partial charge in [-0.15, -0.1) is 0 Å². The second-order valence-corrected chi connectivity index (χ2v) is 4.45. The average molecular weight is 278 g/mol. The van der Waals surface area contributed by atoms with Crippen molar-refractivity contribution in [3.8, 4) is 6.19 Å². The molecule has 0 radical (unpaired) electrons. The predicted molar refractivity (Wildman–Crippen MR) is 77.9 cm³/mol. The van der Waals surface area contributed by atoms with Crippen LogP contribution in [0, 0.1) is 11.5 Å². The third-order valence-electron chi connectivity index (χ3n) is 2.45. The maximum absolute atomic E-state index is 8.65. The fraction of sp³-hybridized carbons (Fsp3) is 0.583. The molecule has 110 valence electrons. The fourth-order valence-electron chi connectivity index (χ4n) is 1.44. The molecule has 1 aromatic heterocycles. The van der Waals surface area contributed by atoms with Crippen LogP contribution in [-0.2, 0) is 6.54 Å². The molecule has 0 aliphatic heterocycles. The van der Waals surface area contributed by atoms with Crippen LogP contribution in [0.1, 0.15) is 5.69 Å². The summed E-state index contributed by atoms with van der Waals surface area (Å²) in [6.07, 6.45) is 5.31. The monoisotopic (exact) mass is 278 g/mol. The number of hydrogen-bond acceptors (Lipinski definition) is 5. The zero-order chi connectivity index (χ0) is 14.6. The molecular weight excluding hydrogens is 256 g/mol. The average Bonchev–Trinajstić information content (AvgIpc) is 2.91. The number of rotatable bonds is 8. The van der Waals surface area contributed by atoms with Crippen molar-refractivity contribution in [3.63, 3.8) is 0 Å². The van der Waals surface area contributed by atoms with Crippen LogP contribution in [0.4, 0.5) is 0 Å². The summed E-state index contributed by atoms with van der Waals surface area (Å²) in [5.41, 5.74) is 1.04. The Labute approximate surface area is 119 Å². The van der Waals surface area contributed by atoms with Crippen LogP contribution in [-0.4, -0.2) is 61.1 Å². The predicted octanol–water partition coefficient (Wildman–Crippen LogP) is -0.923. The van der Waals surface area contributed by atoms with E-state index in [-0.39, 0.29) is 0 Å². The number of hydrogen-bond donors (Lipinski definition) is 4. The number of H-pyrrole nitrogens is 1. The Morgan fingerprint density at radius 2 is 2.35 bits per heavy atom. The molecule has 20 heavy (non-hydrogen) atoms. The van der Waals surface area contributed by atoms with Crippen LogP contribution >= 0.6 is 0 Å². The Balaban J connectivity index is 2.19. The number of nitrogens with zero attached hydrogens (tertiary/aromatic N) is 4. The molecular formula is C12H22N8. The van der Waals surface area contributed by atoms with Gasteiger partial charge in [-0.2, -0.15) is 5.26 Å². The van der Waals surface area contributed by atoms with E-state index in [9.17, 15) is 0 Å². The van der Waals surface area contributed by atoms with Crippen molar-refractivity contribution >= 4 is 5.96 Å². The molecule has 1 aromatic rings. The summed E-state index contributed by atoms with van der Waals surface area (Å²) in [6.45, 7) is 3.66. The zero-order valence-corrected chi connectivity index (χ0v) is 12.0. The van der Waals surface area contributed by atoms with E-state index in [0.29, 0.717) is 12.5 Å². The van der Waals surface area contributed by atoms with Crippen LogP contribution < -0.4 is 16.0 Å². The quantitative estimate of drug-likeness (QED) is 0.161. The molecule has 8 nitrogen and oxygen atoms in total. The first-order valence-corrected chi connectivity index (χ1v) is 6.48. The van der Waals surface area contributed by atoms with Crippen molar-refractivity contribution in [1.82, 2.24) is 30.8 Å². The Bertz CT molecular complexity index is 417. The first-order valence-electron chi connectivity index (χ1n) is 6.48. The molecule has 0 amide bonds. The number of imidazole rings is 1. The van der Waals surface area contributed by atoms with Gasteiger partial charge in [0.1, 0.15) is 0 Å². The summed E-state index contributed by atoms with van der Waals surface area (Å²) < 4.78 is 0. The minimum Gasteiger partial charge on any atom is -0.354 e. The van der Waals surface area contributed by atoms with Crippen molar-refractivity contribution in [3.05, 3.63) is 18.2 Å². The van der Waals surface area contributed by atoms with Gasteiger partial charge in [0.05, 0.1) is 12.9 Å². The molecule has 1 heterocycles. The minimum absolute atomic E-state index is 0.512. The van der Waals surface area contributed by atoms with Gasteiger partial charge in [0.15, 0.2) is 6.19 Å². The second kappa shape index (κ2) is 9.77. The highest BCUT2D eigenvalue weighted by Gasteiger charge is 1.97. The van der Waals surface area contributed by atoms with E-state index in [4.69, 9.17) is 5.26 Å². The van der Waals surface area contributed by atoms with E-state index < -0.39 is 0 Å². The number of nitriles is 1. The zero-order valence-electron chi connectivity index (χ0n) is 12.0. The molecule has 0 saturated heterocycles. The topological polar surface area (TPSA) is 104 Å². The van der Waals surface area contributed by atoms with E-state index >= 15 is 0 Å².